The van der Waals surface area contributed by atoms with Crippen LogP contribution >= 0.6 is 11.3 Å². The highest BCUT2D eigenvalue weighted by Gasteiger charge is 2.03. The second-order valence-corrected chi connectivity index (χ2v) is 5.03. The fourth-order valence-corrected chi connectivity index (χ4v) is 2.38. The number of thiophene rings is 1. The lowest BCUT2D eigenvalue weighted by Gasteiger charge is -2.12. The van der Waals surface area contributed by atoms with Crippen LogP contribution in [0.5, 0.6) is 0 Å². The van der Waals surface area contributed by atoms with Crippen molar-refractivity contribution in [1.82, 2.24) is 5.32 Å². The molecule has 1 heterocycles. The molecule has 1 rings (SSSR count). The van der Waals surface area contributed by atoms with Gasteiger partial charge in [-0.25, -0.2) is 0 Å². The van der Waals surface area contributed by atoms with Crippen LogP contribution in [0.15, 0.2) is 24.1 Å². The van der Waals surface area contributed by atoms with Gasteiger partial charge < -0.3 is 5.32 Å². The van der Waals surface area contributed by atoms with Gasteiger partial charge in [0.15, 0.2) is 0 Å². The number of hydrogen-bond acceptors (Lipinski definition) is 2. The molecule has 0 aliphatic heterocycles. The Balaban J connectivity index is 2.19. The minimum atomic E-state index is 0.603. The first-order chi connectivity index (χ1) is 7.24. The minimum absolute atomic E-state index is 0.603. The Bertz CT molecular complexity index is 290. The van der Waals surface area contributed by atoms with Gasteiger partial charge in [0.05, 0.1) is 0 Å². The lowest BCUT2D eigenvalue weighted by Crippen LogP contribution is -2.25. The van der Waals surface area contributed by atoms with E-state index in [0.717, 1.165) is 13.0 Å². The molecule has 2 heteroatoms. The smallest absolute Gasteiger partial charge is 0.0304 e. The molecule has 1 aromatic rings. The monoisotopic (exact) mass is 223 g/mol. The van der Waals surface area contributed by atoms with Crippen LogP contribution < -0.4 is 5.32 Å². The molecule has 15 heavy (non-hydrogen) atoms. The summed E-state index contributed by atoms with van der Waals surface area (Å²) in [4.78, 5) is 1.46. The summed E-state index contributed by atoms with van der Waals surface area (Å²) >= 11 is 1.84. The van der Waals surface area contributed by atoms with Gasteiger partial charge >= 0.3 is 0 Å². The van der Waals surface area contributed by atoms with Crippen molar-refractivity contribution >= 4 is 11.3 Å². The van der Waals surface area contributed by atoms with Crippen molar-refractivity contribution in [2.45, 2.75) is 45.7 Å². The Morgan fingerprint density at radius 3 is 3.00 bits per heavy atom. The average molecular weight is 223 g/mol. The second kappa shape index (κ2) is 6.81. The molecule has 0 aliphatic rings. The number of unbranched alkanes of at least 4 members (excludes halogenated alkanes) is 1. The summed E-state index contributed by atoms with van der Waals surface area (Å²) in [7, 11) is 0. The molecule has 0 aromatic carbocycles. The van der Waals surface area contributed by atoms with Crippen LogP contribution in [0, 0.1) is 6.92 Å². The van der Waals surface area contributed by atoms with Gasteiger partial charge in [0, 0.05) is 17.5 Å². The van der Waals surface area contributed by atoms with E-state index < -0.39 is 0 Å². The number of hydrogen-bond donors (Lipinski definition) is 1. The molecule has 1 aromatic heterocycles. The Labute approximate surface area is 97.2 Å². The van der Waals surface area contributed by atoms with Gasteiger partial charge in [-0.3, -0.25) is 0 Å². The van der Waals surface area contributed by atoms with Crippen molar-refractivity contribution in [1.29, 1.82) is 0 Å². The average Bonchev–Trinajstić information content (AvgIpc) is 2.61. The van der Waals surface area contributed by atoms with E-state index in [0.29, 0.717) is 6.04 Å². The molecule has 0 spiro atoms. The summed E-state index contributed by atoms with van der Waals surface area (Å²) in [5.74, 6) is 0. The molecule has 0 amide bonds. The Morgan fingerprint density at radius 2 is 2.40 bits per heavy atom. The molecule has 0 radical (unpaired) electrons. The highest BCUT2D eigenvalue weighted by Crippen LogP contribution is 2.15. The van der Waals surface area contributed by atoms with Crippen molar-refractivity contribution < 1.29 is 0 Å². The molecule has 1 nitrogen and oxygen atoms in total. The third-order valence-electron chi connectivity index (χ3n) is 2.62. The third kappa shape index (κ3) is 4.63. The summed E-state index contributed by atoms with van der Waals surface area (Å²) < 4.78 is 0. The highest BCUT2D eigenvalue weighted by atomic mass is 32.1. The van der Waals surface area contributed by atoms with Crippen LogP contribution in [0.1, 0.15) is 36.6 Å². The molecule has 0 fully saturated rings. The minimum Gasteiger partial charge on any atom is -0.309 e. The van der Waals surface area contributed by atoms with E-state index in [1.54, 1.807) is 0 Å². The van der Waals surface area contributed by atoms with Gasteiger partial charge in [0.1, 0.15) is 0 Å². The van der Waals surface area contributed by atoms with E-state index in [2.05, 4.69) is 37.2 Å². The predicted octanol–water partition coefficient (Wildman–Crippen LogP) is 3.89. The fourth-order valence-electron chi connectivity index (χ4n) is 1.52. The summed E-state index contributed by atoms with van der Waals surface area (Å²) in [6.07, 6.45) is 5.59. The maximum absolute atomic E-state index is 3.74. The topological polar surface area (TPSA) is 12.0 Å². The quantitative estimate of drug-likeness (QED) is 0.546. The number of rotatable bonds is 7. The lowest BCUT2D eigenvalue weighted by atomic mass is 10.1. The SMILES string of the molecule is C=CCCCC(C)NCc1sccc1C. The second-order valence-electron chi connectivity index (χ2n) is 4.03. The van der Waals surface area contributed by atoms with Crippen molar-refractivity contribution in [3.05, 3.63) is 34.5 Å². The Morgan fingerprint density at radius 1 is 1.60 bits per heavy atom. The zero-order valence-corrected chi connectivity index (χ0v) is 10.6. The van der Waals surface area contributed by atoms with E-state index in [9.17, 15) is 0 Å². The maximum atomic E-state index is 3.74. The van der Waals surface area contributed by atoms with Crippen LogP contribution in [0.25, 0.3) is 0 Å². The van der Waals surface area contributed by atoms with Gasteiger partial charge in [-0.1, -0.05) is 6.08 Å². The molecule has 0 saturated carbocycles. The molecule has 1 unspecified atom stereocenters. The third-order valence-corrected chi connectivity index (χ3v) is 3.65. The van der Waals surface area contributed by atoms with E-state index in [1.807, 2.05) is 17.4 Å². The zero-order valence-electron chi connectivity index (χ0n) is 9.75. The number of aryl methyl sites for hydroxylation is 1. The van der Waals surface area contributed by atoms with Crippen LogP contribution in [0.4, 0.5) is 0 Å². The fraction of sp³-hybridized carbons (Fsp3) is 0.538. The van der Waals surface area contributed by atoms with E-state index in [4.69, 9.17) is 0 Å². The van der Waals surface area contributed by atoms with Crippen molar-refractivity contribution in [3.8, 4) is 0 Å². The highest BCUT2D eigenvalue weighted by molar-refractivity contribution is 7.10. The van der Waals surface area contributed by atoms with Gasteiger partial charge in [0.25, 0.3) is 0 Å². The van der Waals surface area contributed by atoms with Crippen LogP contribution in [0.3, 0.4) is 0 Å². The van der Waals surface area contributed by atoms with E-state index >= 15 is 0 Å². The molecule has 0 aliphatic carbocycles. The standard InChI is InChI=1S/C13H21NS/c1-4-5-6-7-12(3)14-10-13-11(2)8-9-15-13/h4,8-9,12,14H,1,5-7,10H2,2-3H3. The first-order valence-corrected chi connectivity index (χ1v) is 6.49. The van der Waals surface area contributed by atoms with Crippen LogP contribution in [0.2, 0.25) is 0 Å². The van der Waals surface area contributed by atoms with Gasteiger partial charge in [0.2, 0.25) is 0 Å². The maximum Gasteiger partial charge on any atom is 0.0304 e. The first-order valence-electron chi connectivity index (χ1n) is 5.61. The van der Waals surface area contributed by atoms with E-state index in [1.165, 1.54) is 23.3 Å². The van der Waals surface area contributed by atoms with Crippen molar-refractivity contribution in [3.63, 3.8) is 0 Å². The molecule has 1 N–H and O–H groups in total. The summed E-state index contributed by atoms with van der Waals surface area (Å²) in [5, 5.41) is 5.72. The largest absolute Gasteiger partial charge is 0.309 e. The Kier molecular flexibility index (Phi) is 5.66. The van der Waals surface area contributed by atoms with Gasteiger partial charge in [-0.15, -0.1) is 17.9 Å². The number of nitrogens with one attached hydrogen (secondary N) is 1. The van der Waals surface area contributed by atoms with Crippen molar-refractivity contribution in [2.24, 2.45) is 0 Å². The molecule has 0 saturated heterocycles. The van der Waals surface area contributed by atoms with Crippen LogP contribution in [-0.4, -0.2) is 6.04 Å². The molecular formula is C13H21NS. The van der Waals surface area contributed by atoms with Gasteiger partial charge in [-0.2, -0.15) is 0 Å². The molecule has 1 atom stereocenters. The Hall–Kier alpha value is -0.600. The van der Waals surface area contributed by atoms with E-state index in [-0.39, 0.29) is 0 Å². The first kappa shape index (κ1) is 12.5. The zero-order chi connectivity index (χ0) is 11.1. The van der Waals surface area contributed by atoms with Gasteiger partial charge in [-0.05, 0) is 50.1 Å². The summed E-state index contributed by atoms with van der Waals surface area (Å²) in [5.41, 5.74) is 1.41. The predicted molar refractivity (Wildman–Crippen MR) is 69.4 cm³/mol. The van der Waals surface area contributed by atoms with Crippen LogP contribution in [-0.2, 0) is 6.54 Å². The molecular weight excluding hydrogens is 202 g/mol. The van der Waals surface area contributed by atoms with Crippen molar-refractivity contribution in [2.75, 3.05) is 0 Å². The summed E-state index contributed by atoms with van der Waals surface area (Å²) in [6.45, 7) is 9.18. The molecule has 0 bridgehead atoms. The lowest BCUT2D eigenvalue weighted by molar-refractivity contribution is 0.502. The molecule has 84 valence electrons. The normalized spacial score (nSPS) is 12.7. The number of allylic oxidation sites excluding steroid dienone is 1. The summed E-state index contributed by atoms with van der Waals surface area (Å²) in [6, 6.07) is 2.79.